The zero-order valence-electron chi connectivity index (χ0n) is 13.0. The van der Waals surface area contributed by atoms with Gasteiger partial charge in [-0.1, -0.05) is 23.7 Å². The molecule has 23 heavy (non-hydrogen) atoms. The van der Waals surface area contributed by atoms with Gasteiger partial charge in [0.05, 0.1) is 24.8 Å². The first kappa shape index (κ1) is 16.1. The van der Waals surface area contributed by atoms with Crippen molar-refractivity contribution >= 4 is 17.5 Å². The van der Waals surface area contributed by atoms with Crippen LogP contribution in [0.15, 0.2) is 47.1 Å². The molecule has 1 aliphatic carbocycles. The number of benzene rings is 1. The zero-order chi connectivity index (χ0) is 16.4. The first-order valence-corrected chi connectivity index (χ1v) is 8.22. The van der Waals surface area contributed by atoms with Gasteiger partial charge in [0, 0.05) is 11.1 Å². The second-order valence-corrected chi connectivity index (χ2v) is 6.43. The number of nitrogens with zero attached hydrogens (tertiary/aromatic N) is 1. The lowest BCUT2D eigenvalue weighted by Gasteiger charge is -2.29. The molecule has 2 unspecified atom stereocenters. The number of amides is 1. The molecule has 1 aromatic carbocycles. The molecular formula is C18H20ClNO3. The molecule has 1 fully saturated rings. The van der Waals surface area contributed by atoms with Crippen LogP contribution in [0.1, 0.15) is 49.7 Å². The van der Waals surface area contributed by atoms with Crippen LogP contribution in [0.25, 0.3) is 0 Å². The number of aliphatic hydroxyl groups excluding tert-OH is 1. The minimum absolute atomic E-state index is 0.0566. The molecule has 3 rings (SSSR count). The van der Waals surface area contributed by atoms with Crippen molar-refractivity contribution in [2.24, 2.45) is 0 Å². The average Bonchev–Trinajstić information content (AvgIpc) is 3.19. The van der Waals surface area contributed by atoms with Gasteiger partial charge in [-0.15, -0.1) is 0 Å². The number of carbonyl (C=O) groups excluding carboxylic acids is 1. The van der Waals surface area contributed by atoms with Gasteiger partial charge in [-0.05, 0) is 49.6 Å². The van der Waals surface area contributed by atoms with Crippen molar-refractivity contribution in [2.45, 2.75) is 44.4 Å². The molecule has 1 aliphatic rings. The third-order valence-corrected chi connectivity index (χ3v) is 4.48. The van der Waals surface area contributed by atoms with E-state index in [1.807, 2.05) is 24.0 Å². The van der Waals surface area contributed by atoms with Crippen LogP contribution in [0.3, 0.4) is 0 Å². The van der Waals surface area contributed by atoms with E-state index in [1.54, 1.807) is 30.5 Å². The summed E-state index contributed by atoms with van der Waals surface area (Å²) in [6.45, 7) is 1.96. The molecular weight excluding hydrogens is 314 g/mol. The highest BCUT2D eigenvalue weighted by molar-refractivity contribution is 6.30. The van der Waals surface area contributed by atoms with Crippen molar-refractivity contribution in [1.82, 2.24) is 4.90 Å². The first-order chi connectivity index (χ1) is 11.1. The van der Waals surface area contributed by atoms with Gasteiger partial charge in [0.15, 0.2) is 0 Å². The van der Waals surface area contributed by atoms with Gasteiger partial charge in [-0.25, -0.2) is 0 Å². The predicted octanol–water partition coefficient (Wildman–Crippen LogP) is 4.11. The first-order valence-electron chi connectivity index (χ1n) is 7.84. The third-order valence-electron chi connectivity index (χ3n) is 4.22. The molecule has 2 atom stereocenters. The Morgan fingerprint density at radius 3 is 2.61 bits per heavy atom. The summed E-state index contributed by atoms with van der Waals surface area (Å²) >= 11 is 5.85. The summed E-state index contributed by atoms with van der Waals surface area (Å²) in [6.07, 6.45) is 2.86. The Hall–Kier alpha value is -1.78. The molecule has 1 aromatic heterocycles. The molecule has 4 nitrogen and oxygen atoms in total. The lowest BCUT2D eigenvalue weighted by molar-refractivity contribution is -0.136. The van der Waals surface area contributed by atoms with Crippen LogP contribution < -0.4 is 0 Å². The highest BCUT2D eigenvalue weighted by Crippen LogP contribution is 2.36. The number of furan rings is 1. The van der Waals surface area contributed by atoms with Gasteiger partial charge in [-0.2, -0.15) is 0 Å². The van der Waals surface area contributed by atoms with Gasteiger partial charge in [-0.3, -0.25) is 4.79 Å². The van der Waals surface area contributed by atoms with Crippen LogP contribution in [-0.2, 0) is 4.79 Å². The van der Waals surface area contributed by atoms with E-state index in [2.05, 4.69) is 0 Å². The summed E-state index contributed by atoms with van der Waals surface area (Å²) < 4.78 is 5.44. The van der Waals surface area contributed by atoms with Gasteiger partial charge in [0.1, 0.15) is 5.76 Å². The van der Waals surface area contributed by atoms with Crippen molar-refractivity contribution < 1.29 is 14.3 Å². The predicted molar refractivity (Wildman–Crippen MR) is 88.0 cm³/mol. The Bertz CT molecular complexity index is 649. The number of hydrogen-bond acceptors (Lipinski definition) is 3. The van der Waals surface area contributed by atoms with E-state index < -0.39 is 6.10 Å². The lowest BCUT2D eigenvalue weighted by Crippen LogP contribution is -2.36. The number of carbonyl (C=O) groups is 1. The molecule has 1 heterocycles. The van der Waals surface area contributed by atoms with Gasteiger partial charge < -0.3 is 14.4 Å². The Morgan fingerprint density at radius 2 is 2.04 bits per heavy atom. The van der Waals surface area contributed by atoms with Crippen molar-refractivity contribution in [3.8, 4) is 0 Å². The van der Waals surface area contributed by atoms with Crippen LogP contribution in [0, 0.1) is 0 Å². The molecule has 1 saturated carbocycles. The van der Waals surface area contributed by atoms with Gasteiger partial charge in [0.25, 0.3) is 0 Å². The fourth-order valence-electron chi connectivity index (χ4n) is 2.83. The molecule has 0 spiro atoms. The maximum Gasteiger partial charge on any atom is 0.226 e. The maximum atomic E-state index is 12.7. The average molecular weight is 334 g/mol. The Morgan fingerprint density at radius 1 is 1.35 bits per heavy atom. The van der Waals surface area contributed by atoms with Crippen molar-refractivity contribution in [3.63, 3.8) is 0 Å². The maximum absolute atomic E-state index is 12.7. The van der Waals surface area contributed by atoms with Crippen LogP contribution in [0.4, 0.5) is 0 Å². The smallest absolute Gasteiger partial charge is 0.226 e. The monoisotopic (exact) mass is 333 g/mol. The van der Waals surface area contributed by atoms with E-state index in [1.165, 1.54) is 0 Å². The topological polar surface area (TPSA) is 53.7 Å². The van der Waals surface area contributed by atoms with Crippen molar-refractivity contribution in [2.75, 3.05) is 0 Å². The SMILES string of the molecule is CC(c1ccco1)N(C(=O)CC(O)c1ccc(Cl)cc1)C1CC1. The molecule has 1 N–H and O–H groups in total. The van der Waals surface area contributed by atoms with Crippen LogP contribution in [0.5, 0.6) is 0 Å². The molecule has 0 bridgehead atoms. The summed E-state index contributed by atoms with van der Waals surface area (Å²) in [5, 5.41) is 10.9. The summed E-state index contributed by atoms with van der Waals surface area (Å²) in [5.74, 6) is 0.713. The summed E-state index contributed by atoms with van der Waals surface area (Å²) in [6, 6.07) is 10.8. The Balaban J connectivity index is 1.70. The van der Waals surface area contributed by atoms with E-state index >= 15 is 0 Å². The molecule has 0 saturated heterocycles. The van der Waals surface area contributed by atoms with Crippen LogP contribution in [-0.4, -0.2) is 22.0 Å². The summed E-state index contributed by atoms with van der Waals surface area (Å²) in [7, 11) is 0. The number of hydrogen-bond donors (Lipinski definition) is 1. The van der Waals surface area contributed by atoms with E-state index in [0.29, 0.717) is 10.6 Å². The standard InChI is InChI=1S/C18H20ClNO3/c1-12(17-3-2-10-23-17)20(15-8-9-15)18(22)11-16(21)13-4-6-14(19)7-5-13/h2-7,10,12,15-16,21H,8-9,11H2,1H3. The van der Waals surface area contributed by atoms with Gasteiger partial charge >= 0.3 is 0 Å². The number of halogens is 1. The second-order valence-electron chi connectivity index (χ2n) is 6.00. The van der Waals surface area contributed by atoms with Crippen molar-refractivity contribution in [3.05, 3.63) is 59.0 Å². The molecule has 0 radical (unpaired) electrons. The minimum atomic E-state index is -0.829. The quantitative estimate of drug-likeness (QED) is 0.865. The molecule has 122 valence electrons. The van der Waals surface area contributed by atoms with E-state index in [9.17, 15) is 9.90 Å². The Kier molecular flexibility index (Phi) is 4.74. The second kappa shape index (κ2) is 6.77. The fraction of sp³-hybridized carbons (Fsp3) is 0.389. The minimum Gasteiger partial charge on any atom is -0.467 e. The van der Waals surface area contributed by atoms with Crippen LogP contribution in [0.2, 0.25) is 5.02 Å². The zero-order valence-corrected chi connectivity index (χ0v) is 13.7. The van der Waals surface area contributed by atoms with Crippen LogP contribution >= 0.6 is 11.6 Å². The van der Waals surface area contributed by atoms with Crippen molar-refractivity contribution in [1.29, 1.82) is 0 Å². The normalized spacial score (nSPS) is 16.8. The van der Waals surface area contributed by atoms with Gasteiger partial charge in [0.2, 0.25) is 5.91 Å². The fourth-order valence-corrected chi connectivity index (χ4v) is 2.95. The summed E-state index contributed by atoms with van der Waals surface area (Å²) in [5.41, 5.74) is 0.698. The lowest BCUT2D eigenvalue weighted by atomic mass is 10.1. The molecule has 0 aliphatic heterocycles. The van der Waals surface area contributed by atoms with E-state index in [0.717, 1.165) is 18.6 Å². The molecule has 5 heteroatoms. The third kappa shape index (κ3) is 3.77. The highest BCUT2D eigenvalue weighted by Gasteiger charge is 2.37. The summed E-state index contributed by atoms with van der Waals surface area (Å²) in [4.78, 5) is 14.6. The number of rotatable bonds is 6. The Labute approximate surface area is 140 Å². The molecule has 1 amide bonds. The van der Waals surface area contributed by atoms with E-state index in [-0.39, 0.29) is 24.4 Å². The largest absolute Gasteiger partial charge is 0.467 e. The molecule has 2 aromatic rings. The van der Waals surface area contributed by atoms with E-state index in [4.69, 9.17) is 16.0 Å². The highest BCUT2D eigenvalue weighted by atomic mass is 35.5. The number of aliphatic hydroxyl groups is 1.